The summed E-state index contributed by atoms with van der Waals surface area (Å²) in [6.45, 7) is 9.83. The van der Waals surface area contributed by atoms with Crippen molar-refractivity contribution in [2.24, 2.45) is 0 Å². The van der Waals surface area contributed by atoms with Crippen molar-refractivity contribution in [3.63, 3.8) is 0 Å². The summed E-state index contributed by atoms with van der Waals surface area (Å²) >= 11 is 0.907. The smallest absolute Gasteiger partial charge is 0.290 e. The van der Waals surface area contributed by atoms with E-state index in [0.29, 0.717) is 10.6 Å². The Hall–Kier alpha value is -3.16. The molecule has 0 spiro atoms. The summed E-state index contributed by atoms with van der Waals surface area (Å²) in [4.78, 5) is 33.2. The van der Waals surface area contributed by atoms with Gasteiger partial charge in [0.1, 0.15) is 0 Å². The van der Waals surface area contributed by atoms with Crippen LogP contribution in [0, 0.1) is 6.92 Å². The van der Waals surface area contributed by atoms with Gasteiger partial charge in [-0.15, -0.1) is 0 Å². The molecule has 0 aliphatic carbocycles. The maximum atomic E-state index is 11.9. The van der Waals surface area contributed by atoms with Gasteiger partial charge in [-0.1, -0.05) is 31.2 Å². The van der Waals surface area contributed by atoms with Gasteiger partial charge in [0.2, 0.25) is 0 Å². The molecule has 0 saturated carbocycles. The number of rotatable bonds is 4. The predicted molar refractivity (Wildman–Crippen MR) is 135 cm³/mol. The summed E-state index contributed by atoms with van der Waals surface area (Å²) in [6.07, 6.45) is 3.49. The highest BCUT2D eigenvalue weighted by molar-refractivity contribution is 8.18. The topological polar surface area (TPSA) is 65.5 Å². The van der Waals surface area contributed by atoms with Gasteiger partial charge in [-0.3, -0.25) is 19.9 Å². The normalized spacial score (nSPS) is 18.4. The lowest BCUT2D eigenvalue weighted by Gasteiger charge is -2.36. The number of carbonyl (C=O) groups excluding carboxylic acids is 2. The van der Waals surface area contributed by atoms with Crippen molar-refractivity contribution < 1.29 is 9.59 Å². The molecular formula is C26H26N4O2S. The summed E-state index contributed by atoms with van der Waals surface area (Å²) in [5.41, 5.74) is 5.50. The lowest BCUT2D eigenvalue weighted by atomic mass is 9.96. The van der Waals surface area contributed by atoms with E-state index in [1.807, 2.05) is 24.4 Å². The number of thioether (sulfide) groups is 1. The Morgan fingerprint density at radius 3 is 2.61 bits per heavy atom. The molecule has 7 heteroatoms. The largest absolute Gasteiger partial charge is 0.369 e. The van der Waals surface area contributed by atoms with E-state index in [1.165, 1.54) is 11.3 Å². The van der Waals surface area contributed by atoms with Crippen LogP contribution in [-0.4, -0.2) is 53.8 Å². The number of amides is 2. The molecule has 2 fully saturated rings. The number of piperazine rings is 1. The maximum absolute atomic E-state index is 11.9. The molecule has 168 valence electrons. The fraction of sp³-hybridized carbons (Fsp3) is 0.269. The average molecular weight is 459 g/mol. The van der Waals surface area contributed by atoms with Crippen molar-refractivity contribution >= 4 is 45.4 Å². The Kier molecular flexibility index (Phi) is 5.91. The van der Waals surface area contributed by atoms with Gasteiger partial charge in [-0.25, -0.2) is 0 Å². The number of nitrogens with zero attached hydrogens (tertiary/aromatic N) is 3. The number of likely N-dealkylation sites (N-methyl/N-ethyl adjacent to an activating group) is 1. The molecular weight excluding hydrogens is 432 g/mol. The Bertz CT molecular complexity index is 1280. The van der Waals surface area contributed by atoms with Gasteiger partial charge in [0, 0.05) is 43.4 Å². The Morgan fingerprint density at radius 2 is 1.91 bits per heavy atom. The molecule has 5 rings (SSSR count). The highest BCUT2D eigenvalue weighted by atomic mass is 32.2. The number of aryl methyl sites for hydroxylation is 1. The first kappa shape index (κ1) is 21.7. The molecule has 2 saturated heterocycles. The highest BCUT2D eigenvalue weighted by Crippen LogP contribution is 2.33. The third-order valence-electron chi connectivity index (χ3n) is 6.37. The molecule has 1 N–H and O–H groups in total. The van der Waals surface area contributed by atoms with Gasteiger partial charge >= 0.3 is 0 Å². The van der Waals surface area contributed by atoms with Gasteiger partial charge in [-0.2, -0.15) is 0 Å². The molecule has 3 aromatic rings. The summed E-state index contributed by atoms with van der Waals surface area (Å²) < 4.78 is 0. The van der Waals surface area contributed by atoms with Crippen molar-refractivity contribution in [1.82, 2.24) is 15.2 Å². The van der Waals surface area contributed by atoms with E-state index in [1.54, 1.807) is 6.08 Å². The molecule has 2 amide bonds. The predicted octanol–water partition coefficient (Wildman–Crippen LogP) is 4.68. The zero-order valence-electron chi connectivity index (χ0n) is 18.8. The van der Waals surface area contributed by atoms with Crippen LogP contribution in [0.15, 0.2) is 53.6 Å². The minimum atomic E-state index is -0.369. The second-order valence-corrected chi connectivity index (χ2v) is 9.43. The summed E-state index contributed by atoms with van der Waals surface area (Å²) in [5.74, 6) is -0.369. The summed E-state index contributed by atoms with van der Waals surface area (Å²) in [5, 5.41) is 4.04. The van der Waals surface area contributed by atoms with Gasteiger partial charge in [-0.05, 0) is 71.6 Å². The first-order valence-electron chi connectivity index (χ1n) is 11.2. The Labute approximate surface area is 197 Å². The molecule has 2 aromatic carbocycles. The van der Waals surface area contributed by atoms with Gasteiger partial charge in [0.25, 0.3) is 11.1 Å². The van der Waals surface area contributed by atoms with Crippen LogP contribution in [0.2, 0.25) is 0 Å². The molecule has 2 aliphatic heterocycles. The lowest BCUT2D eigenvalue weighted by Crippen LogP contribution is -2.46. The molecule has 0 bridgehead atoms. The fourth-order valence-electron chi connectivity index (χ4n) is 4.55. The number of anilines is 1. The number of imide groups is 1. The van der Waals surface area contributed by atoms with Crippen molar-refractivity contribution in [2.45, 2.75) is 13.8 Å². The highest BCUT2D eigenvalue weighted by Gasteiger charge is 2.25. The van der Waals surface area contributed by atoms with Crippen LogP contribution in [0.3, 0.4) is 0 Å². The second kappa shape index (κ2) is 9.00. The van der Waals surface area contributed by atoms with Crippen LogP contribution in [0.4, 0.5) is 10.5 Å². The monoisotopic (exact) mass is 458 g/mol. The number of hydrogen-bond donors (Lipinski definition) is 1. The minimum absolute atomic E-state index is 0.348. The number of fused-ring (bicyclic) bond motifs is 1. The van der Waals surface area contributed by atoms with Crippen LogP contribution in [0.25, 0.3) is 28.0 Å². The zero-order valence-corrected chi connectivity index (χ0v) is 19.6. The number of carbonyl (C=O) groups is 2. The first-order chi connectivity index (χ1) is 16.0. The van der Waals surface area contributed by atoms with Crippen LogP contribution in [0.1, 0.15) is 18.2 Å². The quantitative estimate of drug-likeness (QED) is 0.573. The zero-order chi connectivity index (χ0) is 22.9. The minimum Gasteiger partial charge on any atom is -0.369 e. The van der Waals surface area contributed by atoms with Gasteiger partial charge < -0.3 is 9.80 Å². The molecule has 0 atom stereocenters. The average Bonchev–Trinajstić information content (AvgIpc) is 3.15. The lowest BCUT2D eigenvalue weighted by molar-refractivity contribution is -0.115. The van der Waals surface area contributed by atoms with E-state index in [9.17, 15) is 9.59 Å². The van der Waals surface area contributed by atoms with Crippen molar-refractivity contribution in [3.05, 3.63) is 64.8 Å². The van der Waals surface area contributed by atoms with E-state index in [4.69, 9.17) is 0 Å². The van der Waals surface area contributed by atoms with Crippen LogP contribution < -0.4 is 10.2 Å². The Balaban J connectivity index is 1.48. The van der Waals surface area contributed by atoms with Crippen molar-refractivity contribution in [3.8, 4) is 11.1 Å². The van der Waals surface area contributed by atoms with Gasteiger partial charge in [0.05, 0.1) is 10.6 Å². The maximum Gasteiger partial charge on any atom is 0.290 e. The third-order valence-corrected chi connectivity index (χ3v) is 7.18. The molecule has 0 radical (unpaired) electrons. The number of aromatic nitrogens is 1. The second-order valence-electron chi connectivity index (χ2n) is 8.41. The molecule has 3 heterocycles. The summed E-state index contributed by atoms with van der Waals surface area (Å²) in [6, 6.07) is 14.9. The number of hydrogen-bond acceptors (Lipinski definition) is 6. The van der Waals surface area contributed by atoms with Crippen LogP contribution in [0.5, 0.6) is 0 Å². The third kappa shape index (κ3) is 4.38. The molecule has 33 heavy (non-hydrogen) atoms. The summed E-state index contributed by atoms with van der Waals surface area (Å²) in [7, 11) is 0. The molecule has 6 nitrogen and oxygen atoms in total. The van der Waals surface area contributed by atoms with Crippen LogP contribution in [-0.2, 0) is 4.79 Å². The first-order valence-corrected chi connectivity index (χ1v) is 12.1. The van der Waals surface area contributed by atoms with Crippen molar-refractivity contribution in [2.75, 3.05) is 37.6 Å². The molecule has 1 aromatic heterocycles. The van der Waals surface area contributed by atoms with E-state index >= 15 is 0 Å². The SMILES string of the molecule is CCN1CCN(c2ccc(-c3cccc4cnc(C=C5SC(=O)NC5=O)cc34)cc2C)CC1. The Morgan fingerprint density at radius 1 is 1.09 bits per heavy atom. The molecule has 2 aliphatic rings. The number of pyridine rings is 1. The number of benzene rings is 2. The number of nitrogens with one attached hydrogen (secondary N) is 1. The molecule has 0 unspecified atom stereocenters. The van der Waals surface area contributed by atoms with Crippen molar-refractivity contribution in [1.29, 1.82) is 0 Å². The van der Waals surface area contributed by atoms with E-state index in [-0.39, 0.29) is 11.1 Å². The van der Waals surface area contributed by atoms with E-state index in [2.05, 4.69) is 58.2 Å². The van der Waals surface area contributed by atoms with E-state index < -0.39 is 0 Å². The fourth-order valence-corrected chi connectivity index (χ4v) is 5.22. The van der Waals surface area contributed by atoms with Gasteiger partial charge in [0.15, 0.2) is 0 Å². The van der Waals surface area contributed by atoms with Crippen LogP contribution >= 0.6 is 11.8 Å². The standard InChI is InChI=1S/C26H26N4O2S/c1-3-29-9-11-30(12-10-29)23-8-7-18(13-17(23)2)21-6-4-5-19-16-27-20(14-22(19)21)15-24-25(31)28-26(32)33-24/h4-8,13-16H,3,9-12H2,1-2H3,(H,28,31,32). The van der Waals surface area contributed by atoms with E-state index in [0.717, 1.165) is 66.4 Å².